The van der Waals surface area contributed by atoms with E-state index in [1.54, 1.807) is 6.20 Å². The van der Waals surface area contributed by atoms with Crippen molar-refractivity contribution in [2.45, 2.75) is 32.2 Å². The Kier molecular flexibility index (Phi) is 3.59. The molecule has 1 aliphatic heterocycles. The van der Waals surface area contributed by atoms with Gasteiger partial charge < -0.3 is 4.90 Å². The summed E-state index contributed by atoms with van der Waals surface area (Å²) in [6, 6.07) is 3.98. The number of piperidine rings is 1. The SMILES string of the molecule is CC1CCCCN1C(=O)c1ccc(Br)nc1. The van der Waals surface area contributed by atoms with E-state index in [2.05, 4.69) is 27.8 Å². The maximum atomic E-state index is 12.2. The molecule has 0 spiro atoms. The number of hydrogen-bond donors (Lipinski definition) is 0. The van der Waals surface area contributed by atoms with Gasteiger partial charge in [0, 0.05) is 18.8 Å². The van der Waals surface area contributed by atoms with Crippen molar-refractivity contribution < 1.29 is 4.79 Å². The van der Waals surface area contributed by atoms with Gasteiger partial charge in [-0.1, -0.05) is 0 Å². The van der Waals surface area contributed by atoms with Crippen LogP contribution in [-0.2, 0) is 0 Å². The second-order valence-electron chi connectivity index (χ2n) is 4.21. The van der Waals surface area contributed by atoms with Crippen LogP contribution in [0.25, 0.3) is 0 Å². The Hall–Kier alpha value is -0.900. The fraction of sp³-hybridized carbons (Fsp3) is 0.500. The molecule has 1 amide bonds. The summed E-state index contributed by atoms with van der Waals surface area (Å²) in [6.45, 7) is 2.99. The van der Waals surface area contributed by atoms with Gasteiger partial charge >= 0.3 is 0 Å². The van der Waals surface area contributed by atoms with Crippen LogP contribution in [0.3, 0.4) is 0 Å². The molecule has 1 aromatic heterocycles. The van der Waals surface area contributed by atoms with Gasteiger partial charge in [0.1, 0.15) is 4.60 Å². The zero-order valence-electron chi connectivity index (χ0n) is 9.32. The lowest BCUT2D eigenvalue weighted by atomic mass is 10.0. The number of rotatable bonds is 1. The van der Waals surface area contributed by atoms with Crippen LogP contribution in [0.15, 0.2) is 22.9 Å². The maximum Gasteiger partial charge on any atom is 0.255 e. The van der Waals surface area contributed by atoms with Crippen LogP contribution in [0.1, 0.15) is 36.5 Å². The Labute approximate surface area is 104 Å². The number of halogens is 1. The first-order chi connectivity index (χ1) is 7.68. The van der Waals surface area contributed by atoms with E-state index in [1.807, 2.05) is 17.0 Å². The molecule has 0 aromatic carbocycles. The van der Waals surface area contributed by atoms with Crippen molar-refractivity contribution in [2.24, 2.45) is 0 Å². The van der Waals surface area contributed by atoms with Crippen molar-refractivity contribution in [3.63, 3.8) is 0 Å². The third-order valence-electron chi connectivity index (χ3n) is 3.04. The Balaban J connectivity index is 2.14. The molecular formula is C12H15BrN2O. The summed E-state index contributed by atoms with van der Waals surface area (Å²) in [6.07, 6.45) is 5.08. The minimum absolute atomic E-state index is 0.104. The fourth-order valence-electron chi connectivity index (χ4n) is 2.07. The van der Waals surface area contributed by atoms with Crippen molar-refractivity contribution in [1.29, 1.82) is 0 Å². The van der Waals surface area contributed by atoms with Crippen LogP contribution in [-0.4, -0.2) is 28.4 Å². The van der Waals surface area contributed by atoms with Gasteiger partial charge in [-0.25, -0.2) is 4.98 Å². The summed E-state index contributed by atoms with van der Waals surface area (Å²) < 4.78 is 0.760. The summed E-state index contributed by atoms with van der Waals surface area (Å²) in [7, 11) is 0. The molecule has 0 N–H and O–H groups in total. The number of likely N-dealkylation sites (tertiary alicyclic amines) is 1. The lowest BCUT2D eigenvalue weighted by Crippen LogP contribution is -2.42. The lowest BCUT2D eigenvalue weighted by Gasteiger charge is -2.33. The smallest absolute Gasteiger partial charge is 0.255 e. The molecule has 0 aliphatic carbocycles. The van der Waals surface area contributed by atoms with Crippen LogP contribution in [0, 0.1) is 0 Å². The van der Waals surface area contributed by atoms with E-state index >= 15 is 0 Å². The summed E-state index contributed by atoms with van der Waals surface area (Å²) in [5.74, 6) is 0.104. The van der Waals surface area contributed by atoms with Crippen molar-refractivity contribution in [3.05, 3.63) is 28.5 Å². The second-order valence-corrected chi connectivity index (χ2v) is 5.03. The van der Waals surface area contributed by atoms with Gasteiger partial charge in [-0.3, -0.25) is 4.79 Å². The molecular weight excluding hydrogens is 268 g/mol. The average molecular weight is 283 g/mol. The van der Waals surface area contributed by atoms with Crippen molar-refractivity contribution >= 4 is 21.8 Å². The van der Waals surface area contributed by atoms with E-state index in [1.165, 1.54) is 6.42 Å². The zero-order valence-corrected chi connectivity index (χ0v) is 10.9. The Bertz CT molecular complexity index is 377. The molecule has 3 nitrogen and oxygen atoms in total. The molecule has 4 heteroatoms. The summed E-state index contributed by atoms with van der Waals surface area (Å²) in [5, 5.41) is 0. The molecule has 1 saturated heterocycles. The van der Waals surface area contributed by atoms with Gasteiger partial charge in [0.15, 0.2) is 0 Å². The number of pyridine rings is 1. The molecule has 1 unspecified atom stereocenters. The highest BCUT2D eigenvalue weighted by Crippen LogP contribution is 2.19. The molecule has 2 rings (SSSR count). The van der Waals surface area contributed by atoms with Gasteiger partial charge in [0.2, 0.25) is 0 Å². The third-order valence-corrected chi connectivity index (χ3v) is 3.51. The minimum Gasteiger partial charge on any atom is -0.336 e. The summed E-state index contributed by atoms with van der Waals surface area (Å²) in [4.78, 5) is 18.2. The topological polar surface area (TPSA) is 33.2 Å². The van der Waals surface area contributed by atoms with Gasteiger partial charge in [-0.2, -0.15) is 0 Å². The Morgan fingerprint density at radius 3 is 2.94 bits per heavy atom. The van der Waals surface area contributed by atoms with Crippen LogP contribution < -0.4 is 0 Å². The molecule has 0 radical (unpaired) electrons. The van der Waals surface area contributed by atoms with Gasteiger partial charge in [-0.05, 0) is 54.2 Å². The van der Waals surface area contributed by atoms with E-state index in [-0.39, 0.29) is 5.91 Å². The first kappa shape index (κ1) is 11.6. The van der Waals surface area contributed by atoms with E-state index in [0.29, 0.717) is 11.6 Å². The average Bonchev–Trinajstić information content (AvgIpc) is 2.30. The summed E-state index contributed by atoms with van der Waals surface area (Å²) >= 11 is 3.27. The van der Waals surface area contributed by atoms with Gasteiger partial charge in [0.05, 0.1) is 5.56 Å². The fourth-order valence-corrected chi connectivity index (χ4v) is 2.30. The molecule has 1 aromatic rings. The molecule has 86 valence electrons. The zero-order chi connectivity index (χ0) is 11.5. The molecule has 1 atom stereocenters. The highest BCUT2D eigenvalue weighted by Gasteiger charge is 2.24. The minimum atomic E-state index is 0.104. The largest absolute Gasteiger partial charge is 0.336 e. The normalized spacial score (nSPS) is 20.9. The first-order valence-electron chi connectivity index (χ1n) is 5.61. The maximum absolute atomic E-state index is 12.2. The van der Waals surface area contributed by atoms with E-state index in [9.17, 15) is 4.79 Å². The number of aromatic nitrogens is 1. The van der Waals surface area contributed by atoms with Gasteiger partial charge in [-0.15, -0.1) is 0 Å². The molecule has 0 bridgehead atoms. The summed E-state index contributed by atoms with van der Waals surface area (Å²) in [5.41, 5.74) is 0.678. The third kappa shape index (κ3) is 2.43. The van der Waals surface area contributed by atoms with E-state index < -0.39 is 0 Å². The standard InChI is InChI=1S/C12H15BrN2O/c1-9-4-2-3-7-15(9)12(16)10-5-6-11(13)14-8-10/h5-6,8-9H,2-4,7H2,1H3. The number of hydrogen-bond acceptors (Lipinski definition) is 2. The monoisotopic (exact) mass is 282 g/mol. The lowest BCUT2D eigenvalue weighted by molar-refractivity contribution is 0.0635. The highest BCUT2D eigenvalue weighted by atomic mass is 79.9. The predicted octanol–water partition coefficient (Wildman–Crippen LogP) is 2.86. The molecule has 2 heterocycles. The van der Waals surface area contributed by atoms with E-state index in [4.69, 9.17) is 0 Å². The molecule has 1 aliphatic rings. The quantitative estimate of drug-likeness (QED) is 0.742. The first-order valence-corrected chi connectivity index (χ1v) is 6.40. The van der Waals surface area contributed by atoms with Crippen LogP contribution >= 0.6 is 15.9 Å². The second kappa shape index (κ2) is 4.95. The van der Waals surface area contributed by atoms with Crippen molar-refractivity contribution in [2.75, 3.05) is 6.54 Å². The molecule has 0 saturated carbocycles. The van der Waals surface area contributed by atoms with E-state index in [0.717, 1.165) is 24.0 Å². The number of carbonyl (C=O) groups is 1. The number of amides is 1. The van der Waals surface area contributed by atoms with Crippen LogP contribution in [0.5, 0.6) is 0 Å². The number of carbonyl (C=O) groups excluding carboxylic acids is 1. The van der Waals surface area contributed by atoms with Crippen molar-refractivity contribution in [3.8, 4) is 0 Å². The molecule has 1 fully saturated rings. The predicted molar refractivity (Wildman–Crippen MR) is 66.3 cm³/mol. The van der Waals surface area contributed by atoms with Crippen molar-refractivity contribution in [1.82, 2.24) is 9.88 Å². The van der Waals surface area contributed by atoms with Crippen LogP contribution in [0.4, 0.5) is 0 Å². The number of nitrogens with zero attached hydrogens (tertiary/aromatic N) is 2. The van der Waals surface area contributed by atoms with Crippen LogP contribution in [0.2, 0.25) is 0 Å². The van der Waals surface area contributed by atoms with Gasteiger partial charge in [0.25, 0.3) is 5.91 Å². The molecule has 16 heavy (non-hydrogen) atoms. The highest BCUT2D eigenvalue weighted by molar-refractivity contribution is 9.10. The Morgan fingerprint density at radius 1 is 1.50 bits per heavy atom. The Morgan fingerprint density at radius 2 is 2.31 bits per heavy atom.